The summed E-state index contributed by atoms with van der Waals surface area (Å²) in [4.78, 5) is 12.0. The van der Waals surface area contributed by atoms with Gasteiger partial charge in [-0.3, -0.25) is 9.48 Å². The van der Waals surface area contributed by atoms with Gasteiger partial charge in [0.25, 0.3) is 0 Å². The number of nitrogens with two attached hydrogens (primary N) is 1. The minimum atomic E-state index is 0.0213. The number of carbonyl (C=O) groups excluding carboxylic acids is 1. The minimum absolute atomic E-state index is 0.0213. The molecule has 0 aliphatic rings. The first-order valence-electron chi connectivity index (χ1n) is 5.62. The van der Waals surface area contributed by atoms with Crippen molar-refractivity contribution in [3.63, 3.8) is 0 Å². The number of aryl methyl sites for hydroxylation is 2. The lowest BCUT2D eigenvalue weighted by molar-refractivity contribution is 0.0983. The van der Waals surface area contributed by atoms with Crippen LogP contribution in [0.3, 0.4) is 0 Å². The number of hydrogen-bond donors (Lipinski definition) is 1. The quantitative estimate of drug-likeness (QED) is 0.681. The lowest BCUT2D eigenvalue weighted by Gasteiger charge is -2.04. The predicted molar refractivity (Wildman–Crippen MR) is 71.7 cm³/mol. The monoisotopic (exact) mass is 263 g/mol. The summed E-state index contributed by atoms with van der Waals surface area (Å²) in [6.07, 6.45) is 4.74. The Morgan fingerprint density at radius 3 is 2.89 bits per heavy atom. The van der Waals surface area contributed by atoms with Crippen molar-refractivity contribution >= 4 is 23.1 Å². The zero-order valence-corrected chi connectivity index (χ0v) is 10.8. The molecule has 5 heteroatoms. The topological polar surface area (TPSA) is 60.9 Å². The predicted octanol–water partition coefficient (Wildman–Crippen LogP) is 2.47. The molecule has 4 nitrogen and oxygen atoms in total. The second-order valence-electron chi connectivity index (χ2n) is 4.18. The lowest BCUT2D eigenvalue weighted by atomic mass is 10.0. The highest BCUT2D eigenvalue weighted by atomic mass is 35.5. The summed E-state index contributed by atoms with van der Waals surface area (Å²) in [6, 6.07) is 4.94. The average Bonchev–Trinajstić information content (AvgIpc) is 2.72. The number of Topliss-reactive ketones (excluding diaryl/α,β-unsaturated/α-hetero) is 1. The molecule has 2 rings (SSSR count). The van der Waals surface area contributed by atoms with E-state index in [0.717, 1.165) is 5.56 Å². The SMILES string of the molecule is Cn1cc(CCC(=O)c2ccc(Cl)cc2N)cn1. The first-order chi connectivity index (χ1) is 8.56. The van der Waals surface area contributed by atoms with Gasteiger partial charge in [0.1, 0.15) is 0 Å². The summed E-state index contributed by atoms with van der Waals surface area (Å²) >= 11 is 5.80. The van der Waals surface area contributed by atoms with Crippen LogP contribution in [0.4, 0.5) is 5.69 Å². The van der Waals surface area contributed by atoms with Crippen LogP contribution in [0.5, 0.6) is 0 Å². The zero-order chi connectivity index (χ0) is 13.1. The van der Waals surface area contributed by atoms with Crippen LogP contribution in [0.1, 0.15) is 22.3 Å². The molecule has 0 fully saturated rings. The number of nitrogen functional groups attached to an aromatic ring is 1. The molecule has 0 saturated heterocycles. The first-order valence-corrected chi connectivity index (χ1v) is 6.00. The van der Waals surface area contributed by atoms with Crippen molar-refractivity contribution < 1.29 is 4.79 Å². The summed E-state index contributed by atoms with van der Waals surface area (Å²) in [6.45, 7) is 0. The summed E-state index contributed by atoms with van der Waals surface area (Å²) in [5.41, 5.74) is 7.77. The Morgan fingerprint density at radius 2 is 2.28 bits per heavy atom. The summed E-state index contributed by atoms with van der Waals surface area (Å²) in [7, 11) is 1.85. The molecule has 0 aliphatic carbocycles. The van der Waals surface area contributed by atoms with Crippen molar-refractivity contribution in [2.45, 2.75) is 12.8 Å². The van der Waals surface area contributed by atoms with Gasteiger partial charge < -0.3 is 5.73 Å². The Hall–Kier alpha value is -1.81. The summed E-state index contributed by atoms with van der Waals surface area (Å²) < 4.78 is 1.72. The van der Waals surface area contributed by atoms with Crippen molar-refractivity contribution in [3.05, 3.63) is 46.7 Å². The molecule has 18 heavy (non-hydrogen) atoms. The van der Waals surface area contributed by atoms with Gasteiger partial charge in [-0.15, -0.1) is 0 Å². The van der Waals surface area contributed by atoms with Crippen LogP contribution in [0.15, 0.2) is 30.6 Å². The molecule has 0 atom stereocenters. The second-order valence-corrected chi connectivity index (χ2v) is 4.61. The fourth-order valence-corrected chi connectivity index (χ4v) is 1.96. The molecule has 0 bridgehead atoms. The molecule has 2 aromatic rings. The number of aromatic nitrogens is 2. The minimum Gasteiger partial charge on any atom is -0.398 e. The molecule has 0 amide bonds. The van der Waals surface area contributed by atoms with Gasteiger partial charge in [-0.25, -0.2) is 0 Å². The number of anilines is 1. The van der Waals surface area contributed by atoms with Crippen LogP contribution < -0.4 is 5.73 Å². The van der Waals surface area contributed by atoms with Gasteiger partial charge in [-0.2, -0.15) is 5.10 Å². The normalized spacial score (nSPS) is 10.6. The Bertz CT molecular complexity index is 577. The number of rotatable bonds is 4. The van der Waals surface area contributed by atoms with Gasteiger partial charge in [-0.05, 0) is 30.2 Å². The Morgan fingerprint density at radius 1 is 1.50 bits per heavy atom. The van der Waals surface area contributed by atoms with Crippen molar-refractivity contribution in [1.82, 2.24) is 9.78 Å². The molecule has 0 spiro atoms. The number of carbonyl (C=O) groups is 1. The van der Waals surface area contributed by atoms with Crippen LogP contribution in [0.2, 0.25) is 5.02 Å². The van der Waals surface area contributed by atoms with E-state index < -0.39 is 0 Å². The molecule has 0 saturated carbocycles. The van der Waals surface area contributed by atoms with Crippen molar-refractivity contribution in [2.24, 2.45) is 7.05 Å². The number of ketones is 1. The third kappa shape index (κ3) is 2.90. The third-order valence-corrected chi connectivity index (χ3v) is 2.95. The molecule has 1 heterocycles. The van der Waals surface area contributed by atoms with Gasteiger partial charge in [-0.1, -0.05) is 11.6 Å². The number of benzene rings is 1. The molecule has 1 aromatic carbocycles. The number of hydrogen-bond acceptors (Lipinski definition) is 3. The van der Waals surface area contributed by atoms with E-state index in [1.807, 2.05) is 13.2 Å². The van der Waals surface area contributed by atoms with E-state index in [1.54, 1.807) is 29.1 Å². The van der Waals surface area contributed by atoms with Gasteiger partial charge in [0.05, 0.1) is 6.20 Å². The standard InChI is InChI=1S/C13H14ClN3O/c1-17-8-9(7-16-17)2-5-13(18)11-4-3-10(14)6-12(11)15/h3-4,6-8H,2,5,15H2,1H3. The largest absolute Gasteiger partial charge is 0.398 e. The molecular formula is C13H14ClN3O. The van der Waals surface area contributed by atoms with E-state index in [4.69, 9.17) is 17.3 Å². The molecule has 0 unspecified atom stereocenters. The highest BCUT2D eigenvalue weighted by Gasteiger charge is 2.10. The van der Waals surface area contributed by atoms with Crippen LogP contribution in [0.25, 0.3) is 0 Å². The van der Waals surface area contributed by atoms with E-state index >= 15 is 0 Å². The van der Waals surface area contributed by atoms with Crippen LogP contribution >= 0.6 is 11.6 Å². The van der Waals surface area contributed by atoms with E-state index in [1.165, 1.54) is 0 Å². The van der Waals surface area contributed by atoms with E-state index in [0.29, 0.717) is 29.1 Å². The van der Waals surface area contributed by atoms with Gasteiger partial charge >= 0.3 is 0 Å². The maximum Gasteiger partial charge on any atom is 0.165 e. The van der Waals surface area contributed by atoms with Crippen molar-refractivity contribution in [2.75, 3.05) is 5.73 Å². The fourth-order valence-electron chi connectivity index (χ4n) is 1.78. The molecule has 0 aliphatic heterocycles. The maximum absolute atomic E-state index is 12.0. The first kappa shape index (κ1) is 12.6. The van der Waals surface area contributed by atoms with Crippen LogP contribution in [0, 0.1) is 0 Å². The van der Waals surface area contributed by atoms with Crippen LogP contribution in [-0.2, 0) is 13.5 Å². The number of nitrogens with zero attached hydrogens (tertiary/aromatic N) is 2. The van der Waals surface area contributed by atoms with E-state index in [-0.39, 0.29) is 5.78 Å². The molecule has 94 valence electrons. The zero-order valence-electron chi connectivity index (χ0n) is 10.1. The van der Waals surface area contributed by atoms with E-state index in [2.05, 4.69) is 5.10 Å². The third-order valence-electron chi connectivity index (χ3n) is 2.71. The molecule has 0 radical (unpaired) electrons. The average molecular weight is 264 g/mol. The van der Waals surface area contributed by atoms with Crippen molar-refractivity contribution in [3.8, 4) is 0 Å². The van der Waals surface area contributed by atoms with Crippen molar-refractivity contribution in [1.29, 1.82) is 0 Å². The molecule has 2 N–H and O–H groups in total. The van der Waals surface area contributed by atoms with Gasteiger partial charge in [0, 0.05) is 35.9 Å². The smallest absolute Gasteiger partial charge is 0.165 e. The highest BCUT2D eigenvalue weighted by Crippen LogP contribution is 2.20. The summed E-state index contributed by atoms with van der Waals surface area (Å²) in [5, 5.41) is 4.60. The number of halogens is 1. The maximum atomic E-state index is 12.0. The summed E-state index contributed by atoms with van der Waals surface area (Å²) in [5.74, 6) is 0.0213. The highest BCUT2D eigenvalue weighted by molar-refractivity contribution is 6.31. The Labute approximate surface area is 110 Å². The Balaban J connectivity index is 2.03. The Kier molecular flexibility index (Phi) is 3.67. The molecule has 1 aromatic heterocycles. The fraction of sp³-hybridized carbons (Fsp3) is 0.231. The van der Waals surface area contributed by atoms with Gasteiger partial charge in [0.15, 0.2) is 5.78 Å². The molecular weight excluding hydrogens is 250 g/mol. The second kappa shape index (κ2) is 5.23. The van der Waals surface area contributed by atoms with E-state index in [9.17, 15) is 4.79 Å². The van der Waals surface area contributed by atoms with Gasteiger partial charge in [0.2, 0.25) is 0 Å². The lowest BCUT2D eigenvalue weighted by Crippen LogP contribution is -2.04. The van der Waals surface area contributed by atoms with Crippen LogP contribution in [-0.4, -0.2) is 15.6 Å².